The average Bonchev–Trinajstić information content (AvgIpc) is 2.38. The van der Waals surface area contributed by atoms with E-state index >= 15 is 0 Å². The van der Waals surface area contributed by atoms with Crippen LogP contribution >= 0.6 is 0 Å². The van der Waals surface area contributed by atoms with E-state index in [1.807, 2.05) is 0 Å². The Kier molecular flexibility index (Phi) is 3.46. The van der Waals surface area contributed by atoms with Crippen molar-refractivity contribution in [2.24, 2.45) is 0 Å². The Morgan fingerprint density at radius 1 is 0.722 bits per heavy atom. The lowest BCUT2D eigenvalue weighted by molar-refractivity contribution is 0.483. The Morgan fingerprint density at radius 3 is 1.44 bits per heavy atom. The second kappa shape index (κ2) is 5.04. The predicted octanol–water partition coefficient (Wildman–Crippen LogP) is 3.46. The highest BCUT2D eigenvalue weighted by Gasteiger charge is 2.10. The standard InChI is InChI=1S/C14H14F2N2/c15-7-9-5-11(17)1-3-13(9)14-4-2-12(18)6-10(14)8-16/h1-6H,7-8,17-18H2. The number of nitrogens with two attached hydrogens (primary N) is 2. The molecule has 0 bridgehead atoms. The van der Waals surface area contributed by atoms with Crippen LogP contribution in [0.25, 0.3) is 11.1 Å². The number of nitrogen functional groups attached to an aromatic ring is 2. The highest BCUT2D eigenvalue weighted by atomic mass is 19.1. The summed E-state index contributed by atoms with van der Waals surface area (Å²) < 4.78 is 26.0. The molecule has 0 spiro atoms. The van der Waals surface area contributed by atoms with Crippen molar-refractivity contribution in [1.82, 2.24) is 0 Å². The second-order valence-corrected chi connectivity index (χ2v) is 4.10. The Labute approximate surface area is 104 Å². The summed E-state index contributed by atoms with van der Waals surface area (Å²) in [5.74, 6) is 0. The van der Waals surface area contributed by atoms with Crippen molar-refractivity contribution in [3.63, 3.8) is 0 Å². The first-order chi connectivity index (χ1) is 8.65. The van der Waals surface area contributed by atoms with Crippen LogP contribution in [-0.4, -0.2) is 0 Å². The Bertz CT molecular complexity index is 516. The molecule has 4 N–H and O–H groups in total. The summed E-state index contributed by atoms with van der Waals surface area (Å²) in [6, 6.07) is 9.88. The molecule has 94 valence electrons. The number of benzene rings is 2. The molecule has 2 aromatic rings. The van der Waals surface area contributed by atoms with Gasteiger partial charge in [0.15, 0.2) is 0 Å². The van der Waals surface area contributed by atoms with Crippen molar-refractivity contribution in [3.05, 3.63) is 47.5 Å². The molecule has 2 aromatic carbocycles. The summed E-state index contributed by atoms with van der Waals surface area (Å²) in [4.78, 5) is 0. The van der Waals surface area contributed by atoms with E-state index in [2.05, 4.69) is 0 Å². The van der Waals surface area contributed by atoms with Crippen LogP contribution < -0.4 is 11.5 Å². The van der Waals surface area contributed by atoms with Gasteiger partial charge in [-0.05, 0) is 46.5 Å². The Hall–Kier alpha value is -2.10. The van der Waals surface area contributed by atoms with Crippen LogP contribution in [0, 0.1) is 0 Å². The van der Waals surface area contributed by atoms with Crippen LogP contribution in [0.1, 0.15) is 11.1 Å². The first-order valence-corrected chi connectivity index (χ1v) is 5.55. The predicted molar refractivity (Wildman–Crippen MR) is 70.3 cm³/mol. The van der Waals surface area contributed by atoms with Gasteiger partial charge in [-0.3, -0.25) is 0 Å². The number of halogens is 2. The number of rotatable bonds is 3. The van der Waals surface area contributed by atoms with E-state index in [-0.39, 0.29) is 0 Å². The van der Waals surface area contributed by atoms with Gasteiger partial charge in [-0.2, -0.15) is 0 Å². The van der Waals surface area contributed by atoms with E-state index in [4.69, 9.17) is 11.5 Å². The van der Waals surface area contributed by atoms with Gasteiger partial charge in [-0.1, -0.05) is 12.1 Å². The molecular weight excluding hydrogens is 234 g/mol. The van der Waals surface area contributed by atoms with E-state index < -0.39 is 13.3 Å². The number of anilines is 2. The van der Waals surface area contributed by atoms with E-state index in [1.54, 1.807) is 36.4 Å². The first kappa shape index (κ1) is 12.4. The van der Waals surface area contributed by atoms with Crippen molar-refractivity contribution in [3.8, 4) is 11.1 Å². The van der Waals surface area contributed by atoms with Crippen molar-refractivity contribution in [1.29, 1.82) is 0 Å². The molecule has 2 rings (SSSR count). The lowest BCUT2D eigenvalue weighted by atomic mass is 9.95. The van der Waals surface area contributed by atoms with Gasteiger partial charge in [0, 0.05) is 11.4 Å². The van der Waals surface area contributed by atoms with Gasteiger partial charge in [0.1, 0.15) is 13.3 Å². The summed E-state index contributed by atoms with van der Waals surface area (Å²) in [5.41, 5.74) is 14.4. The zero-order valence-electron chi connectivity index (χ0n) is 9.79. The van der Waals surface area contributed by atoms with Crippen LogP contribution in [-0.2, 0) is 13.3 Å². The van der Waals surface area contributed by atoms with Gasteiger partial charge < -0.3 is 11.5 Å². The monoisotopic (exact) mass is 248 g/mol. The highest BCUT2D eigenvalue weighted by Crippen LogP contribution is 2.31. The molecule has 0 fully saturated rings. The molecule has 18 heavy (non-hydrogen) atoms. The van der Waals surface area contributed by atoms with Crippen LogP contribution in [0.4, 0.5) is 20.2 Å². The van der Waals surface area contributed by atoms with Gasteiger partial charge in [0.2, 0.25) is 0 Å². The zero-order chi connectivity index (χ0) is 13.1. The van der Waals surface area contributed by atoms with Crippen LogP contribution in [0.15, 0.2) is 36.4 Å². The molecule has 0 radical (unpaired) electrons. The minimum atomic E-state index is -0.642. The molecule has 0 heterocycles. The summed E-state index contributed by atoms with van der Waals surface area (Å²) >= 11 is 0. The van der Waals surface area contributed by atoms with Gasteiger partial charge in [-0.25, -0.2) is 8.78 Å². The summed E-state index contributed by atoms with van der Waals surface area (Å²) in [6.07, 6.45) is 0. The van der Waals surface area contributed by atoms with Gasteiger partial charge in [0.25, 0.3) is 0 Å². The third kappa shape index (κ3) is 2.27. The third-order valence-corrected chi connectivity index (χ3v) is 2.84. The fourth-order valence-electron chi connectivity index (χ4n) is 1.97. The van der Waals surface area contributed by atoms with Gasteiger partial charge >= 0.3 is 0 Å². The van der Waals surface area contributed by atoms with Gasteiger partial charge in [0.05, 0.1) is 0 Å². The maximum atomic E-state index is 13.0. The third-order valence-electron chi connectivity index (χ3n) is 2.84. The topological polar surface area (TPSA) is 52.0 Å². The molecule has 0 saturated heterocycles. The van der Waals surface area contributed by atoms with Crippen molar-refractivity contribution >= 4 is 11.4 Å². The molecule has 4 heteroatoms. The van der Waals surface area contributed by atoms with Crippen LogP contribution in [0.2, 0.25) is 0 Å². The lowest BCUT2D eigenvalue weighted by Gasteiger charge is -2.12. The highest BCUT2D eigenvalue weighted by molar-refractivity contribution is 5.74. The van der Waals surface area contributed by atoms with E-state index in [0.717, 1.165) is 0 Å². The lowest BCUT2D eigenvalue weighted by Crippen LogP contribution is -1.95. The molecule has 0 aliphatic heterocycles. The van der Waals surface area contributed by atoms with Crippen molar-refractivity contribution < 1.29 is 8.78 Å². The molecule has 2 nitrogen and oxygen atoms in total. The molecule has 0 unspecified atom stereocenters. The van der Waals surface area contributed by atoms with Crippen molar-refractivity contribution in [2.75, 3.05) is 11.5 Å². The largest absolute Gasteiger partial charge is 0.399 e. The van der Waals surface area contributed by atoms with Crippen molar-refractivity contribution in [2.45, 2.75) is 13.3 Å². The van der Waals surface area contributed by atoms with E-state index in [0.29, 0.717) is 33.6 Å². The number of hydrogen-bond donors (Lipinski definition) is 2. The fourth-order valence-corrected chi connectivity index (χ4v) is 1.97. The van der Waals surface area contributed by atoms with Crippen LogP contribution in [0.3, 0.4) is 0 Å². The molecule has 0 atom stereocenters. The van der Waals surface area contributed by atoms with Crippen LogP contribution in [0.5, 0.6) is 0 Å². The maximum Gasteiger partial charge on any atom is 0.115 e. The normalized spacial score (nSPS) is 10.6. The molecule has 0 aliphatic rings. The number of hydrogen-bond acceptors (Lipinski definition) is 2. The molecule has 0 aromatic heterocycles. The average molecular weight is 248 g/mol. The minimum Gasteiger partial charge on any atom is -0.399 e. The second-order valence-electron chi connectivity index (χ2n) is 4.10. The molecule has 0 aliphatic carbocycles. The SMILES string of the molecule is Nc1ccc(-c2ccc(N)cc2CF)c(CF)c1. The molecule has 0 amide bonds. The summed E-state index contributed by atoms with van der Waals surface area (Å²) in [7, 11) is 0. The minimum absolute atomic E-state index is 0.453. The Morgan fingerprint density at radius 2 is 1.11 bits per heavy atom. The zero-order valence-corrected chi connectivity index (χ0v) is 9.79. The first-order valence-electron chi connectivity index (χ1n) is 5.55. The molecule has 0 saturated carbocycles. The maximum absolute atomic E-state index is 13.0. The number of alkyl halides is 2. The van der Waals surface area contributed by atoms with Gasteiger partial charge in [-0.15, -0.1) is 0 Å². The van der Waals surface area contributed by atoms with E-state index in [9.17, 15) is 8.78 Å². The quantitative estimate of drug-likeness (QED) is 0.817. The van der Waals surface area contributed by atoms with E-state index in [1.165, 1.54) is 0 Å². The fraction of sp³-hybridized carbons (Fsp3) is 0.143. The molecular formula is C14H14F2N2. The summed E-state index contributed by atoms with van der Waals surface area (Å²) in [6.45, 7) is -1.28. The smallest absolute Gasteiger partial charge is 0.115 e. The Balaban J connectivity index is 2.61. The summed E-state index contributed by atoms with van der Waals surface area (Å²) in [5, 5.41) is 0.